The highest BCUT2D eigenvalue weighted by molar-refractivity contribution is 6.78. The van der Waals surface area contributed by atoms with Gasteiger partial charge in [-0.25, -0.2) is 0 Å². The van der Waals surface area contributed by atoms with Crippen molar-refractivity contribution in [2.45, 2.75) is 32.1 Å². The largest absolute Gasteiger partial charge is 0.466 e. The molecule has 0 spiro atoms. The highest BCUT2D eigenvalue weighted by atomic mass is 28.3. The zero-order valence-electron chi connectivity index (χ0n) is 7.64. The molecule has 3 heteroatoms. The molecule has 0 atom stereocenters. The van der Waals surface area contributed by atoms with E-state index in [1.165, 1.54) is 0 Å². The van der Waals surface area contributed by atoms with Gasteiger partial charge in [-0.1, -0.05) is 19.6 Å². The van der Waals surface area contributed by atoms with Crippen LogP contribution in [-0.2, 0) is 9.53 Å². The molecule has 11 heavy (non-hydrogen) atoms. The number of hydrogen-bond acceptors (Lipinski definition) is 2. The van der Waals surface area contributed by atoms with E-state index in [9.17, 15) is 4.79 Å². The van der Waals surface area contributed by atoms with Gasteiger partial charge in [0.15, 0.2) is 0 Å². The molecule has 0 aromatic carbocycles. The number of carbonyl (C=O) groups excluding carboxylic acids is 1. The maximum Gasteiger partial charge on any atom is 0.303 e. The van der Waals surface area contributed by atoms with Gasteiger partial charge >= 0.3 is 5.97 Å². The van der Waals surface area contributed by atoms with Gasteiger partial charge in [-0.2, -0.15) is 0 Å². The van der Waals surface area contributed by atoms with E-state index >= 15 is 0 Å². The molecule has 0 aromatic heterocycles. The lowest BCUT2D eigenvalue weighted by molar-refractivity contribution is -0.140. The standard InChI is InChI=1S/C8H17O2Si/c1-5-6-10-8(9)7-11(2,3)4/h1,5-7H2,2-4H3. The second kappa shape index (κ2) is 4.54. The Morgan fingerprint density at radius 1 is 1.45 bits per heavy atom. The molecule has 0 amide bonds. The summed E-state index contributed by atoms with van der Waals surface area (Å²) in [6.45, 7) is 10.5. The monoisotopic (exact) mass is 173 g/mol. The fraction of sp³-hybridized carbons (Fsp3) is 0.750. The first-order chi connectivity index (χ1) is 4.95. The Bertz CT molecular complexity index is 127. The summed E-state index contributed by atoms with van der Waals surface area (Å²) < 4.78 is 4.90. The van der Waals surface area contributed by atoms with Crippen molar-refractivity contribution in [3.8, 4) is 0 Å². The van der Waals surface area contributed by atoms with Crippen LogP contribution in [0.25, 0.3) is 0 Å². The topological polar surface area (TPSA) is 26.3 Å². The van der Waals surface area contributed by atoms with Crippen molar-refractivity contribution < 1.29 is 9.53 Å². The Labute approximate surface area is 69.9 Å². The Kier molecular flexibility index (Phi) is 4.41. The molecule has 0 aliphatic heterocycles. The number of rotatable bonds is 4. The van der Waals surface area contributed by atoms with E-state index in [4.69, 9.17) is 4.74 Å². The van der Waals surface area contributed by atoms with Gasteiger partial charge in [0.2, 0.25) is 0 Å². The number of esters is 1. The summed E-state index contributed by atoms with van der Waals surface area (Å²) in [7, 11) is -1.27. The first-order valence-corrected chi connectivity index (χ1v) is 7.61. The van der Waals surface area contributed by atoms with Crippen LogP contribution in [0, 0.1) is 6.92 Å². The zero-order valence-corrected chi connectivity index (χ0v) is 8.64. The van der Waals surface area contributed by atoms with Crippen LogP contribution in [0.3, 0.4) is 0 Å². The first kappa shape index (κ1) is 10.7. The fourth-order valence-corrected chi connectivity index (χ4v) is 1.64. The number of carbonyl (C=O) groups is 1. The Morgan fingerprint density at radius 2 is 2.00 bits per heavy atom. The van der Waals surface area contributed by atoms with E-state index in [0.29, 0.717) is 19.1 Å². The van der Waals surface area contributed by atoms with Crippen molar-refractivity contribution in [1.29, 1.82) is 0 Å². The van der Waals surface area contributed by atoms with Crippen LogP contribution in [0.4, 0.5) is 0 Å². The summed E-state index contributed by atoms with van der Waals surface area (Å²) in [5.74, 6) is -0.0622. The molecule has 65 valence electrons. The molecule has 0 aromatic rings. The summed E-state index contributed by atoms with van der Waals surface area (Å²) in [6, 6.07) is 0.618. The molecular formula is C8H17O2Si. The highest BCUT2D eigenvalue weighted by Gasteiger charge is 2.18. The summed E-state index contributed by atoms with van der Waals surface area (Å²) in [4.78, 5) is 11.0. The molecule has 0 aliphatic carbocycles. The van der Waals surface area contributed by atoms with Crippen molar-refractivity contribution in [1.82, 2.24) is 0 Å². The molecular weight excluding hydrogens is 156 g/mol. The molecule has 0 N–H and O–H groups in total. The van der Waals surface area contributed by atoms with E-state index < -0.39 is 8.07 Å². The minimum Gasteiger partial charge on any atom is -0.466 e. The lowest BCUT2D eigenvalue weighted by Crippen LogP contribution is -2.25. The van der Waals surface area contributed by atoms with Crippen LogP contribution in [0.1, 0.15) is 6.42 Å². The molecule has 2 nitrogen and oxygen atoms in total. The predicted octanol–water partition coefficient (Wildman–Crippen LogP) is 2.09. The third-order valence-corrected chi connectivity index (χ3v) is 2.43. The normalized spacial score (nSPS) is 11.3. The summed E-state index contributed by atoms with van der Waals surface area (Å²) in [5.41, 5.74) is 0. The quantitative estimate of drug-likeness (QED) is 0.480. The molecule has 0 fully saturated rings. The molecule has 0 saturated carbocycles. The third-order valence-electron chi connectivity index (χ3n) is 1.08. The predicted molar refractivity (Wildman–Crippen MR) is 49.1 cm³/mol. The molecule has 0 rings (SSSR count). The number of hydrogen-bond donors (Lipinski definition) is 0. The van der Waals surface area contributed by atoms with Crippen LogP contribution in [0.2, 0.25) is 25.7 Å². The average molecular weight is 173 g/mol. The van der Waals surface area contributed by atoms with Gasteiger partial charge in [0.05, 0.1) is 14.7 Å². The van der Waals surface area contributed by atoms with Crippen LogP contribution < -0.4 is 0 Å². The minimum absolute atomic E-state index is 0.0622. The lowest BCUT2D eigenvalue weighted by Gasteiger charge is -2.13. The Balaban J connectivity index is 3.53. The molecule has 0 unspecified atom stereocenters. The van der Waals surface area contributed by atoms with Gasteiger partial charge in [0.1, 0.15) is 0 Å². The average Bonchev–Trinajstić information content (AvgIpc) is 1.79. The van der Waals surface area contributed by atoms with Gasteiger partial charge in [0.25, 0.3) is 0 Å². The summed E-state index contributed by atoms with van der Waals surface area (Å²) in [6.07, 6.45) is 0.664. The fourth-order valence-electron chi connectivity index (χ4n) is 0.670. The summed E-state index contributed by atoms with van der Waals surface area (Å²) in [5, 5.41) is 0. The van der Waals surface area contributed by atoms with Crippen molar-refractivity contribution >= 4 is 14.0 Å². The van der Waals surface area contributed by atoms with Crippen molar-refractivity contribution in [3.63, 3.8) is 0 Å². The maximum absolute atomic E-state index is 11.0. The van der Waals surface area contributed by atoms with E-state index in [0.717, 1.165) is 0 Å². The smallest absolute Gasteiger partial charge is 0.303 e. The van der Waals surface area contributed by atoms with Crippen LogP contribution in [-0.4, -0.2) is 20.7 Å². The van der Waals surface area contributed by atoms with Crippen LogP contribution in [0.5, 0.6) is 0 Å². The van der Waals surface area contributed by atoms with Crippen molar-refractivity contribution in [3.05, 3.63) is 6.92 Å². The van der Waals surface area contributed by atoms with Gasteiger partial charge < -0.3 is 4.74 Å². The second-order valence-corrected chi connectivity index (χ2v) is 9.29. The van der Waals surface area contributed by atoms with E-state index in [1.807, 2.05) is 0 Å². The lowest BCUT2D eigenvalue weighted by atomic mass is 10.5. The van der Waals surface area contributed by atoms with Crippen LogP contribution >= 0.6 is 0 Å². The second-order valence-electron chi connectivity index (χ2n) is 3.81. The van der Waals surface area contributed by atoms with Crippen molar-refractivity contribution in [2.75, 3.05) is 6.61 Å². The van der Waals surface area contributed by atoms with Gasteiger partial charge in [-0.3, -0.25) is 4.79 Å². The molecule has 0 heterocycles. The van der Waals surface area contributed by atoms with E-state index in [-0.39, 0.29) is 5.97 Å². The molecule has 0 aliphatic rings. The molecule has 0 saturated heterocycles. The minimum atomic E-state index is -1.27. The number of ether oxygens (including phenoxy) is 1. The Morgan fingerprint density at radius 3 is 2.36 bits per heavy atom. The van der Waals surface area contributed by atoms with Gasteiger partial charge in [-0.05, 0) is 13.3 Å². The first-order valence-electron chi connectivity index (χ1n) is 3.90. The zero-order chi connectivity index (χ0) is 8.91. The third kappa shape index (κ3) is 7.59. The summed E-state index contributed by atoms with van der Waals surface area (Å²) >= 11 is 0. The van der Waals surface area contributed by atoms with Crippen LogP contribution in [0.15, 0.2) is 0 Å². The molecule has 1 radical (unpaired) electrons. The SMILES string of the molecule is [CH2]CCOC(=O)C[Si](C)(C)C. The maximum atomic E-state index is 11.0. The molecule has 0 bridgehead atoms. The van der Waals surface area contributed by atoms with E-state index in [2.05, 4.69) is 26.6 Å². The Hall–Kier alpha value is -0.313. The van der Waals surface area contributed by atoms with Crippen molar-refractivity contribution in [2.24, 2.45) is 0 Å². The highest BCUT2D eigenvalue weighted by Crippen LogP contribution is 2.08. The van der Waals surface area contributed by atoms with Gasteiger partial charge in [-0.15, -0.1) is 0 Å². The van der Waals surface area contributed by atoms with E-state index in [1.54, 1.807) is 0 Å². The van der Waals surface area contributed by atoms with Gasteiger partial charge in [0, 0.05) is 6.04 Å².